The summed E-state index contributed by atoms with van der Waals surface area (Å²) in [6.07, 6.45) is 2.26. The standard InChI is InChI=1S/C18H16N2O3/c1-10-3-2-4-13(16(10)21)17(22)19-12-7-8-15-14(9-12)20-18(23-15)11-5-6-11/h2-4,7-9,11,21H,5-6H2,1H3,(H,19,22). The van der Waals surface area contributed by atoms with E-state index in [1.54, 1.807) is 43.3 Å². The quantitative estimate of drug-likeness (QED) is 0.767. The molecule has 2 aromatic carbocycles. The summed E-state index contributed by atoms with van der Waals surface area (Å²) in [5, 5.41) is 12.8. The Labute approximate surface area is 133 Å². The molecule has 1 fully saturated rings. The van der Waals surface area contributed by atoms with Gasteiger partial charge in [0.2, 0.25) is 0 Å². The normalized spacial score (nSPS) is 14.1. The van der Waals surface area contributed by atoms with Crippen molar-refractivity contribution in [1.82, 2.24) is 4.98 Å². The highest BCUT2D eigenvalue weighted by atomic mass is 16.3. The average molecular weight is 308 g/mol. The number of carbonyl (C=O) groups is 1. The average Bonchev–Trinajstić information content (AvgIpc) is 3.30. The van der Waals surface area contributed by atoms with Gasteiger partial charge >= 0.3 is 0 Å². The lowest BCUT2D eigenvalue weighted by Gasteiger charge is -2.08. The van der Waals surface area contributed by atoms with Crippen molar-refractivity contribution < 1.29 is 14.3 Å². The van der Waals surface area contributed by atoms with Gasteiger partial charge in [-0.1, -0.05) is 12.1 Å². The number of hydrogen-bond acceptors (Lipinski definition) is 4. The molecule has 0 aliphatic heterocycles. The fourth-order valence-electron chi connectivity index (χ4n) is 2.57. The van der Waals surface area contributed by atoms with E-state index in [0.717, 1.165) is 29.8 Å². The molecule has 0 spiro atoms. The van der Waals surface area contributed by atoms with E-state index in [-0.39, 0.29) is 17.2 Å². The molecular formula is C18H16N2O3. The molecule has 2 N–H and O–H groups in total. The van der Waals surface area contributed by atoms with Gasteiger partial charge in [0, 0.05) is 11.6 Å². The Kier molecular flexibility index (Phi) is 3.08. The molecule has 1 aliphatic rings. The first-order chi connectivity index (χ1) is 11.1. The van der Waals surface area contributed by atoms with Crippen molar-refractivity contribution in [3.63, 3.8) is 0 Å². The van der Waals surface area contributed by atoms with E-state index in [0.29, 0.717) is 17.2 Å². The Morgan fingerprint density at radius 1 is 1.30 bits per heavy atom. The van der Waals surface area contributed by atoms with Gasteiger partial charge in [-0.2, -0.15) is 0 Å². The number of aromatic hydroxyl groups is 1. The number of oxazole rings is 1. The summed E-state index contributed by atoms with van der Waals surface area (Å²) in [7, 11) is 0. The third kappa shape index (κ3) is 2.54. The van der Waals surface area contributed by atoms with Gasteiger partial charge in [-0.15, -0.1) is 0 Å². The third-order valence-corrected chi connectivity index (χ3v) is 4.07. The van der Waals surface area contributed by atoms with E-state index in [9.17, 15) is 9.90 Å². The summed E-state index contributed by atoms with van der Waals surface area (Å²) in [6, 6.07) is 10.5. The number of rotatable bonds is 3. The summed E-state index contributed by atoms with van der Waals surface area (Å²) in [5.74, 6) is 0.879. The summed E-state index contributed by atoms with van der Waals surface area (Å²) in [6.45, 7) is 1.76. The number of nitrogens with zero attached hydrogens (tertiary/aromatic N) is 1. The minimum Gasteiger partial charge on any atom is -0.507 e. The molecule has 4 rings (SSSR count). The number of aryl methyl sites for hydroxylation is 1. The van der Waals surface area contributed by atoms with Crippen molar-refractivity contribution in [2.75, 3.05) is 5.32 Å². The van der Waals surface area contributed by atoms with Crippen LogP contribution in [0.1, 0.15) is 40.6 Å². The number of carbonyl (C=O) groups excluding carboxylic acids is 1. The maximum absolute atomic E-state index is 12.3. The van der Waals surface area contributed by atoms with Crippen LogP contribution in [0.2, 0.25) is 0 Å². The molecule has 1 aliphatic carbocycles. The van der Waals surface area contributed by atoms with Gasteiger partial charge in [0.1, 0.15) is 11.3 Å². The second kappa shape index (κ2) is 5.12. The fourth-order valence-corrected chi connectivity index (χ4v) is 2.57. The molecule has 1 amide bonds. The number of phenols is 1. The van der Waals surface area contributed by atoms with Crippen LogP contribution < -0.4 is 5.32 Å². The van der Waals surface area contributed by atoms with Crippen LogP contribution in [0.4, 0.5) is 5.69 Å². The highest BCUT2D eigenvalue weighted by Crippen LogP contribution is 2.40. The van der Waals surface area contributed by atoms with Crippen LogP contribution in [0.5, 0.6) is 5.75 Å². The molecule has 1 saturated carbocycles. The molecule has 0 unspecified atom stereocenters. The smallest absolute Gasteiger partial charge is 0.259 e. The summed E-state index contributed by atoms with van der Waals surface area (Å²) >= 11 is 0. The first-order valence-corrected chi connectivity index (χ1v) is 7.62. The summed E-state index contributed by atoms with van der Waals surface area (Å²) < 4.78 is 5.71. The molecule has 3 aromatic rings. The molecule has 1 aromatic heterocycles. The van der Waals surface area contributed by atoms with Crippen LogP contribution in [0.15, 0.2) is 40.8 Å². The number of fused-ring (bicyclic) bond motifs is 1. The fraction of sp³-hybridized carbons (Fsp3) is 0.222. The largest absolute Gasteiger partial charge is 0.507 e. The molecule has 0 atom stereocenters. The predicted octanol–water partition coefficient (Wildman–Crippen LogP) is 3.97. The topological polar surface area (TPSA) is 75.4 Å². The minimum atomic E-state index is -0.350. The van der Waals surface area contributed by atoms with Gasteiger partial charge in [-0.3, -0.25) is 4.79 Å². The van der Waals surface area contributed by atoms with Crippen LogP contribution in [-0.4, -0.2) is 16.0 Å². The van der Waals surface area contributed by atoms with Gasteiger partial charge in [0.05, 0.1) is 5.56 Å². The molecule has 116 valence electrons. The number of anilines is 1. The molecule has 5 nitrogen and oxygen atoms in total. The zero-order chi connectivity index (χ0) is 16.0. The number of aromatic nitrogens is 1. The number of benzene rings is 2. The molecular weight excluding hydrogens is 292 g/mol. The number of para-hydroxylation sites is 1. The Morgan fingerprint density at radius 3 is 2.91 bits per heavy atom. The van der Waals surface area contributed by atoms with Gasteiger partial charge in [0.25, 0.3) is 5.91 Å². The molecule has 0 radical (unpaired) electrons. The number of phenolic OH excluding ortho intramolecular Hbond substituents is 1. The lowest BCUT2D eigenvalue weighted by Crippen LogP contribution is -2.12. The third-order valence-electron chi connectivity index (χ3n) is 4.07. The van der Waals surface area contributed by atoms with Crippen LogP contribution in [0.25, 0.3) is 11.1 Å². The molecule has 5 heteroatoms. The van der Waals surface area contributed by atoms with Gasteiger partial charge < -0.3 is 14.8 Å². The van der Waals surface area contributed by atoms with Crippen LogP contribution in [-0.2, 0) is 0 Å². The molecule has 1 heterocycles. The minimum absolute atomic E-state index is 0.00327. The Bertz CT molecular complexity index is 910. The summed E-state index contributed by atoms with van der Waals surface area (Å²) in [5.41, 5.74) is 3.00. The van der Waals surface area contributed by atoms with Gasteiger partial charge in [-0.05, 0) is 49.6 Å². The van der Waals surface area contributed by atoms with Crippen molar-refractivity contribution >= 4 is 22.7 Å². The summed E-state index contributed by atoms with van der Waals surface area (Å²) in [4.78, 5) is 16.8. The number of hydrogen-bond donors (Lipinski definition) is 2. The van der Waals surface area contributed by atoms with E-state index in [4.69, 9.17) is 4.42 Å². The van der Waals surface area contributed by atoms with Crippen LogP contribution in [0, 0.1) is 6.92 Å². The van der Waals surface area contributed by atoms with Crippen molar-refractivity contribution in [1.29, 1.82) is 0 Å². The number of amides is 1. The highest BCUT2D eigenvalue weighted by molar-refractivity contribution is 6.06. The predicted molar refractivity (Wildman–Crippen MR) is 86.8 cm³/mol. The van der Waals surface area contributed by atoms with Crippen molar-refractivity contribution in [2.24, 2.45) is 0 Å². The first-order valence-electron chi connectivity index (χ1n) is 7.62. The highest BCUT2D eigenvalue weighted by Gasteiger charge is 2.28. The maximum Gasteiger partial charge on any atom is 0.259 e. The molecule has 23 heavy (non-hydrogen) atoms. The number of nitrogens with one attached hydrogen (secondary N) is 1. The first kappa shape index (κ1) is 13.8. The Hall–Kier alpha value is -2.82. The van der Waals surface area contributed by atoms with E-state index < -0.39 is 0 Å². The van der Waals surface area contributed by atoms with E-state index in [2.05, 4.69) is 10.3 Å². The van der Waals surface area contributed by atoms with Gasteiger partial charge in [0.15, 0.2) is 11.5 Å². The van der Waals surface area contributed by atoms with E-state index in [1.807, 2.05) is 0 Å². The van der Waals surface area contributed by atoms with Crippen LogP contribution >= 0.6 is 0 Å². The van der Waals surface area contributed by atoms with Crippen molar-refractivity contribution in [3.05, 3.63) is 53.4 Å². The maximum atomic E-state index is 12.3. The van der Waals surface area contributed by atoms with Crippen molar-refractivity contribution in [2.45, 2.75) is 25.7 Å². The van der Waals surface area contributed by atoms with E-state index >= 15 is 0 Å². The van der Waals surface area contributed by atoms with E-state index in [1.165, 1.54) is 0 Å². The van der Waals surface area contributed by atoms with Crippen LogP contribution in [0.3, 0.4) is 0 Å². The van der Waals surface area contributed by atoms with Crippen molar-refractivity contribution in [3.8, 4) is 5.75 Å². The zero-order valence-corrected chi connectivity index (χ0v) is 12.7. The Balaban J connectivity index is 1.61. The second-order valence-electron chi connectivity index (χ2n) is 5.93. The lowest BCUT2D eigenvalue weighted by atomic mass is 10.1. The second-order valence-corrected chi connectivity index (χ2v) is 5.93. The molecule has 0 bridgehead atoms. The zero-order valence-electron chi connectivity index (χ0n) is 12.7. The van der Waals surface area contributed by atoms with Gasteiger partial charge in [-0.25, -0.2) is 4.98 Å². The monoisotopic (exact) mass is 308 g/mol. The lowest BCUT2D eigenvalue weighted by molar-refractivity contribution is 0.102. The SMILES string of the molecule is Cc1cccc(C(=O)Nc2ccc3oc(C4CC4)nc3c2)c1O. The Morgan fingerprint density at radius 2 is 2.13 bits per heavy atom. The molecule has 0 saturated heterocycles.